The van der Waals surface area contributed by atoms with E-state index in [4.69, 9.17) is 41.8 Å². The number of carbonyl (C=O) groups excluding carboxylic acids is 2. The molecule has 0 fully saturated rings. The minimum atomic E-state index is -0.624. The molecule has 1 aromatic carbocycles. The Kier molecular flexibility index (Phi) is 12.6. The molecule has 0 aliphatic heterocycles. The first-order valence-corrected chi connectivity index (χ1v) is 14.5. The number of nitrogens with one attached hydrogen (secondary N) is 2. The van der Waals surface area contributed by atoms with Gasteiger partial charge in [-0.15, -0.1) is 0 Å². The molecule has 234 valence electrons. The average Bonchev–Trinajstić information content (AvgIpc) is 3.29. The van der Waals surface area contributed by atoms with Crippen molar-refractivity contribution in [1.82, 2.24) is 20.2 Å². The molecule has 0 spiro atoms. The third-order valence-corrected chi connectivity index (χ3v) is 6.77. The van der Waals surface area contributed by atoms with Crippen molar-refractivity contribution in [3.63, 3.8) is 0 Å². The highest BCUT2D eigenvalue weighted by atomic mass is 35.5. The molecule has 0 radical (unpaired) electrons. The van der Waals surface area contributed by atoms with Crippen LogP contribution in [0, 0.1) is 6.92 Å². The number of ether oxygens (including phenoxy) is 3. The van der Waals surface area contributed by atoms with Crippen molar-refractivity contribution < 1.29 is 28.2 Å². The molecular weight excluding hydrogens is 599 g/mol. The Balaban J connectivity index is 1.61. The van der Waals surface area contributed by atoms with Crippen molar-refractivity contribution in [3.05, 3.63) is 84.9 Å². The van der Waals surface area contributed by atoms with E-state index in [1.807, 2.05) is 0 Å². The molecule has 3 aromatic rings. The zero-order chi connectivity index (χ0) is 31.6. The van der Waals surface area contributed by atoms with Crippen LogP contribution in [-0.4, -0.2) is 47.5 Å². The van der Waals surface area contributed by atoms with E-state index in [-0.39, 0.29) is 42.8 Å². The molecule has 0 aliphatic carbocycles. The van der Waals surface area contributed by atoms with Gasteiger partial charge in [-0.25, -0.2) is 9.78 Å². The fourth-order valence-corrected chi connectivity index (χ4v) is 4.48. The molecule has 0 aliphatic rings. The number of alkyl carbamates (subject to hydrolysis) is 1. The van der Waals surface area contributed by atoms with E-state index in [0.29, 0.717) is 53.9 Å². The lowest BCUT2D eigenvalue weighted by Crippen LogP contribution is -2.33. The molecule has 2 N–H and O–H groups in total. The Morgan fingerprint density at radius 1 is 1.07 bits per heavy atom. The molecule has 43 heavy (non-hydrogen) atoms. The highest BCUT2D eigenvalue weighted by Gasteiger charge is 2.18. The average molecular weight is 638 g/mol. The lowest BCUT2D eigenvalue weighted by molar-refractivity contribution is -0.120. The predicted octanol–water partition coefficient (Wildman–Crippen LogP) is 4.74. The molecule has 0 saturated heterocycles. The summed E-state index contributed by atoms with van der Waals surface area (Å²) in [7, 11) is 1.58. The van der Waals surface area contributed by atoms with Crippen molar-refractivity contribution in [2.75, 3.05) is 20.3 Å². The van der Waals surface area contributed by atoms with Gasteiger partial charge in [-0.3, -0.25) is 9.59 Å². The summed E-state index contributed by atoms with van der Waals surface area (Å²) < 4.78 is 22.6. The lowest BCUT2D eigenvalue weighted by atomic mass is 10.1. The van der Waals surface area contributed by atoms with Crippen LogP contribution >= 0.6 is 23.2 Å². The third-order valence-electron chi connectivity index (χ3n) is 6.24. The topological polar surface area (TPSA) is 134 Å². The number of aryl methyl sites for hydroxylation is 3. The first kappa shape index (κ1) is 34.1. The number of methoxy groups -OCH3 is 1. The first-order valence-electron chi connectivity index (χ1n) is 13.8. The van der Waals surface area contributed by atoms with Crippen LogP contribution in [-0.2, 0) is 58.1 Å². The Bertz CT molecular complexity index is 1460. The zero-order valence-electron chi connectivity index (χ0n) is 25.1. The van der Waals surface area contributed by atoms with Crippen LogP contribution in [0.25, 0.3) is 0 Å². The van der Waals surface area contributed by atoms with Gasteiger partial charge < -0.3 is 33.8 Å². The minimum absolute atomic E-state index is 0.106. The fraction of sp³-hybridized carbons (Fsp3) is 0.467. The third kappa shape index (κ3) is 11.0. The monoisotopic (exact) mass is 636 g/mol. The summed E-state index contributed by atoms with van der Waals surface area (Å²) in [5.41, 5.74) is 2.20. The van der Waals surface area contributed by atoms with Crippen molar-refractivity contribution in [1.29, 1.82) is 0 Å². The summed E-state index contributed by atoms with van der Waals surface area (Å²) in [4.78, 5) is 42.6. The van der Waals surface area contributed by atoms with Crippen LogP contribution in [0.4, 0.5) is 4.79 Å². The quantitative estimate of drug-likeness (QED) is 0.242. The number of oxazole rings is 1. The van der Waals surface area contributed by atoms with Crippen LogP contribution in [0.2, 0.25) is 10.2 Å². The van der Waals surface area contributed by atoms with E-state index >= 15 is 0 Å². The number of carbonyl (C=O) groups is 2. The van der Waals surface area contributed by atoms with E-state index in [1.165, 1.54) is 4.57 Å². The van der Waals surface area contributed by atoms with Crippen molar-refractivity contribution >= 4 is 35.2 Å². The maximum atomic E-state index is 13.3. The van der Waals surface area contributed by atoms with Crippen molar-refractivity contribution in [3.8, 4) is 0 Å². The summed E-state index contributed by atoms with van der Waals surface area (Å²) >= 11 is 12.4. The van der Waals surface area contributed by atoms with Gasteiger partial charge in [0.05, 0.1) is 19.6 Å². The van der Waals surface area contributed by atoms with E-state index in [1.54, 1.807) is 65.3 Å². The number of nitrogens with zero attached hydrogens (tertiary/aromatic N) is 2. The van der Waals surface area contributed by atoms with Gasteiger partial charge >= 0.3 is 6.09 Å². The van der Waals surface area contributed by atoms with Gasteiger partial charge in [-0.1, -0.05) is 17.7 Å². The molecule has 2 heterocycles. The highest BCUT2D eigenvalue weighted by molar-refractivity contribution is 6.30. The van der Waals surface area contributed by atoms with E-state index in [9.17, 15) is 14.4 Å². The largest absolute Gasteiger partial charge is 0.444 e. The molecular formula is C30H38Cl2N4O7. The van der Waals surface area contributed by atoms with Crippen molar-refractivity contribution in [2.24, 2.45) is 0 Å². The Morgan fingerprint density at radius 3 is 2.53 bits per heavy atom. The number of hydrogen-bond acceptors (Lipinski definition) is 8. The minimum Gasteiger partial charge on any atom is -0.444 e. The smallest absolute Gasteiger partial charge is 0.407 e. The van der Waals surface area contributed by atoms with Crippen LogP contribution in [0.3, 0.4) is 0 Å². The normalized spacial score (nSPS) is 11.4. The number of pyridine rings is 1. The van der Waals surface area contributed by atoms with Gasteiger partial charge in [-0.05, 0) is 74.2 Å². The molecule has 3 rings (SSSR count). The number of rotatable bonds is 14. The van der Waals surface area contributed by atoms with E-state index in [2.05, 4.69) is 15.6 Å². The Labute approximate surface area is 260 Å². The molecule has 0 atom stereocenters. The van der Waals surface area contributed by atoms with Gasteiger partial charge in [-0.2, -0.15) is 0 Å². The van der Waals surface area contributed by atoms with Crippen molar-refractivity contribution in [2.45, 2.75) is 72.4 Å². The second-order valence-corrected chi connectivity index (χ2v) is 11.6. The first-order chi connectivity index (χ1) is 20.4. The number of aromatic nitrogens is 2. The Morgan fingerprint density at radius 2 is 1.81 bits per heavy atom. The highest BCUT2D eigenvalue weighted by Crippen LogP contribution is 2.19. The number of benzene rings is 1. The van der Waals surface area contributed by atoms with E-state index in [0.717, 1.165) is 11.1 Å². The molecule has 11 nitrogen and oxygen atoms in total. The van der Waals surface area contributed by atoms with Crippen LogP contribution in [0.5, 0.6) is 0 Å². The summed E-state index contributed by atoms with van der Waals surface area (Å²) in [6.07, 6.45) is 1.37. The molecule has 0 bridgehead atoms. The molecule has 0 saturated carbocycles. The SMILES string of the molecule is COCCOCc1nc(CCn2ccc(C)c(CC(=O)NCc3cc(Cl)ccc3CNC(=O)OC(C)(C)C)c2=O)c(Cl)o1. The second kappa shape index (κ2) is 15.9. The summed E-state index contributed by atoms with van der Waals surface area (Å²) in [6.45, 7) is 8.78. The maximum Gasteiger partial charge on any atom is 0.407 e. The predicted molar refractivity (Wildman–Crippen MR) is 162 cm³/mol. The molecule has 2 amide bonds. The van der Waals surface area contributed by atoms with Gasteiger partial charge in [0.15, 0.2) is 0 Å². The standard InChI is InChI=1S/C30H38Cl2N4O7/c1-19-8-10-36(11-9-24-27(32)42-26(35-24)18-41-13-12-40-5)28(38)23(19)15-25(37)33-17-21-14-22(31)7-6-20(21)16-34-29(39)43-30(2,3)4/h6-8,10,14H,9,11-13,15-18H2,1-5H3,(H,33,37)(H,34,39). The van der Waals surface area contributed by atoms with Gasteiger partial charge in [0.1, 0.15) is 17.9 Å². The summed E-state index contributed by atoms with van der Waals surface area (Å²) in [5.74, 6) is 0.00911. The number of halogens is 2. The van der Waals surface area contributed by atoms with Crippen LogP contribution in [0.15, 0.2) is 39.7 Å². The summed E-state index contributed by atoms with van der Waals surface area (Å²) in [6, 6.07) is 7.00. The summed E-state index contributed by atoms with van der Waals surface area (Å²) in [5, 5.41) is 6.21. The molecule has 0 unspecified atom stereocenters. The molecule has 13 heteroatoms. The van der Waals surface area contributed by atoms with Crippen LogP contribution in [0.1, 0.15) is 54.6 Å². The van der Waals surface area contributed by atoms with Gasteiger partial charge in [0, 0.05) is 49.9 Å². The van der Waals surface area contributed by atoms with E-state index < -0.39 is 11.7 Å². The Hall–Kier alpha value is -3.38. The number of amides is 2. The maximum absolute atomic E-state index is 13.3. The zero-order valence-corrected chi connectivity index (χ0v) is 26.6. The van der Waals surface area contributed by atoms with Gasteiger partial charge in [0.2, 0.25) is 17.0 Å². The number of hydrogen-bond donors (Lipinski definition) is 2. The van der Waals surface area contributed by atoms with Crippen LogP contribution < -0.4 is 16.2 Å². The van der Waals surface area contributed by atoms with Gasteiger partial charge in [0.25, 0.3) is 5.56 Å². The second-order valence-electron chi connectivity index (χ2n) is 10.8. The lowest BCUT2D eigenvalue weighted by Gasteiger charge is -2.20. The fourth-order valence-electron chi connectivity index (χ4n) is 4.06. The molecule has 2 aromatic heterocycles.